The van der Waals surface area contributed by atoms with E-state index < -0.39 is 12.0 Å². The van der Waals surface area contributed by atoms with Gasteiger partial charge in [-0.1, -0.05) is 32.0 Å². The molecule has 110 valence electrons. The highest BCUT2D eigenvalue weighted by Gasteiger charge is 2.24. The summed E-state index contributed by atoms with van der Waals surface area (Å²) in [7, 11) is 1.31. The highest BCUT2D eigenvalue weighted by molar-refractivity contribution is 5.84. The quantitative estimate of drug-likeness (QED) is 0.610. The second-order valence-corrected chi connectivity index (χ2v) is 5.01. The highest BCUT2D eigenvalue weighted by atomic mass is 16.5. The maximum absolute atomic E-state index is 11.9. The van der Waals surface area contributed by atoms with Gasteiger partial charge in [0.15, 0.2) is 0 Å². The molecule has 0 saturated carbocycles. The number of para-hydroxylation sites is 1. The van der Waals surface area contributed by atoms with Crippen molar-refractivity contribution < 1.29 is 14.3 Å². The van der Waals surface area contributed by atoms with Crippen molar-refractivity contribution >= 4 is 17.6 Å². The Morgan fingerprint density at radius 2 is 1.95 bits per heavy atom. The Balaban J connectivity index is 2.55. The summed E-state index contributed by atoms with van der Waals surface area (Å²) in [6.45, 7) is 3.72. The number of ether oxygens (including phenoxy) is 1. The second-order valence-electron chi connectivity index (χ2n) is 5.01. The lowest BCUT2D eigenvalue weighted by Crippen LogP contribution is -2.45. The van der Waals surface area contributed by atoms with Crippen LogP contribution in [0.5, 0.6) is 0 Å². The number of aryl methyl sites for hydroxylation is 1. The largest absolute Gasteiger partial charge is 0.467 e. The predicted molar refractivity (Wildman–Crippen MR) is 78.0 cm³/mol. The molecule has 1 atom stereocenters. The molecule has 0 aliphatic rings. The van der Waals surface area contributed by atoms with Crippen molar-refractivity contribution in [1.82, 2.24) is 5.32 Å². The Morgan fingerprint density at radius 3 is 2.50 bits per heavy atom. The number of amides is 1. The maximum Gasteiger partial charge on any atom is 0.328 e. The number of carbonyl (C=O) groups excluding carboxylic acids is 2. The maximum atomic E-state index is 11.9. The van der Waals surface area contributed by atoms with E-state index in [0.29, 0.717) is 12.1 Å². The molecule has 0 spiro atoms. The normalized spacial score (nSPS) is 12.0. The van der Waals surface area contributed by atoms with E-state index in [9.17, 15) is 9.59 Å². The molecule has 0 aliphatic heterocycles. The molecule has 5 heteroatoms. The van der Waals surface area contributed by atoms with Gasteiger partial charge in [0.25, 0.3) is 0 Å². The third kappa shape index (κ3) is 4.57. The summed E-state index contributed by atoms with van der Waals surface area (Å²) in [4.78, 5) is 23.5. The van der Waals surface area contributed by atoms with Gasteiger partial charge in [-0.05, 0) is 24.0 Å². The van der Waals surface area contributed by atoms with Gasteiger partial charge in [0.1, 0.15) is 6.04 Å². The van der Waals surface area contributed by atoms with E-state index in [1.54, 1.807) is 6.07 Å². The summed E-state index contributed by atoms with van der Waals surface area (Å²) in [6.07, 6.45) is 0.832. The molecule has 1 rings (SSSR count). The van der Waals surface area contributed by atoms with Crippen molar-refractivity contribution in [2.45, 2.75) is 32.7 Å². The van der Waals surface area contributed by atoms with Crippen molar-refractivity contribution in [2.24, 2.45) is 5.92 Å². The lowest BCUT2D eigenvalue weighted by Gasteiger charge is -2.19. The fourth-order valence-corrected chi connectivity index (χ4v) is 1.88. The molecule has 3 N–H and O–H groups in total. The first-order valence-electron chi connectivity index (χ1n) is 6.66. The molecule has 20 heavy (non-hydrogen) atoms. The van der Waals surface area contributed by atoms with Crippen LogP contribution in [-0.4, -0.2) is 25.0 Å². The smallest absolute Gasteiger partial charge is 0.328 e. The molecule has 1 amide bonds. The number of hydrogen-bond acceptors (Lipinski definition) is 4. The molecule has 0 aliphatic carbocycles. The molecule has 0 radical (unpaired) electrons. The predicted octanol–water partition coefficient (Wildman–Crippen LogP) is 1.52. The third-order valence-corrected chi connectivity index (χ3v) is 3.11. The van der Waals surface area contributed by atoms with Crippen LogP contribution in [0.4, 0.5) is 5.69 Å². The Bertz CT molecular complexity index is 472. The molecule has 0 fully saturated rings. The topological polar surface area (TPSA) is 81.4 Å². The number of nitrogens with one attached hydrogen (secondary N) is 1. The average molecular weight is 278 g/mol. The summed E-state index contributed by atoms with van der Waals surface area (Å²) in [5.41, 5.74) is 7.43. The second kappa shape index (κ2) is 7.53. The van der Waals surface area contributed by atoms with E-state index in [2.05, 4.69) is 10.1 Å². The van der Waals surface area contributed by atoms with Crippen LogP contribution >= 0.6 is 0 Å². The van der Waals surface area contributed by atoms with Gasteiger partial charge >= 0.3 is 5.97 Å². The molecule has 5 nitrogen and oxygen atoms in total. The first-order chi connectivity index (χ1) is 9.45. The molecular weight excluding hydrogens is 256 g/mol. The molecule has 1 aromatic rings. The van der Waals surface area contributed by atoms with E-state index in [4.69, 9.17) is 5.73 Å². The summed E-state index contributed by atoms with van der Waals surface area (Å²) in [5, 5.41) is 2.70. The summed E-state index contributed by atoms with van der Waals surface area (Å²) in [6, 6.07) is 6.82. The van der Waals surface area contributed by atoms with Crippen LogP contribution in [0.1, 0.15) is 25.8 Å². The van der Waals surface area contributed by atoms with Crippen LogP contribution in [0.3, 0.4) is 0 Å². The summed E-state index contributed by atoms with van der Waals surface area (Å²) in [5.74, 6) is -0.627. The zero-order valence-corrected chi connectivity index (χ0v) is 12.2. The Hall–Kier alpha value is -2.04. The molecule has 1 unspecified atom stereocenters. The minimum absolute atomic E-state index is 0.0202. The fourth-order valence-electron chi connectivity index (χ4n) is 1.88. The first kappa shape index (κ1) is 16.0. The number of esters is 1. The molecule has 1 aromatic carbocycles. The van der Waals surface area contributed by atoms with Gasteiger partial charge in [0.05, 0.1) is 7.11 Å². The average Bonchev–Trinajstić information content (AvgIpc) is 2.42. The number of nitrogens with two attached hydrogens (primary N) is 1. The van der Waals surface area contributed by atoms with Gasteiger partial charge < -0.3 is 15.8 Å². The SMILES string of the molecule is COC(=O)C(NC(=O)CCc1ccccc1N)C(C)C. The van der Waals surface area contributed by atoms with Gasteiger partial charge in [0.2, 0.25) is 5.91 Å². The van der Waals surface area contributed by atoms with Crippen LogP contribution in [0.15, 0.2) is 24.3 Å². The summed E-state index contributed by atoms with van der Waals surface area (Å²) >= 11 is 0. The molecular formula is C15H22N2O3. The molecule has 0 heterocycles. The van der Waals surface area contributed by atoms with Crippen LogP contribution in [0, 0.1) is 5.92 Å². The van der Waals surface area contributed by atoms with E-state index in [-0.39, 0.29) is 18.2 Å². The number of carbonyl (C=O) groups is 2. The van der Waals surface area contributed by atoms with Crippen LogP contribution < -0.4 is 11.1 Å². The van der Waals surface area contributed by atoms with Gasteiger partial charge in [-0.2, -0.15) is 0 Å². The van der Waals surface area contributed by atoms with Crippen LogP contribution in [-0.2, 0) is 20.7 Å². The zero-order chi connectivity index (χ0) is 15.1. The van der Waals surface area contributed by atoms with E-state index in [0.717, 1.165) is 5.56 Å². The molecule has 0 bridgehead atoms. The van der Waals surface area contributed by atoms with Crippen molar-refractivity contribution in [1.29, 1.82) is 0 Å². The standard InChI is InChI=1S/C15H22N2O3/c1-10(2)14(15(19)20-3)17-13(18)9-8-11-6-4-5-7-12(11)16/h4-7,10,14H,8-9,16H2,1-3H3,(H,17,18). The number of hydrogen-bond donors (Lipinski definition) is 2. The van der Waals surface area contributed by atoms with Crippen LogP contribution in [0.25, 0.3) is 0 Å². The minimum atomic E-state index is -0.611. The van der Waals surface area contributed by atoms with Crippen LogP contribution in [0.2, 0.25) is 0 Å². The van der Waals surface area contributed by atoms with E-state index in [1.807, 2.05) is 32.0 Å². The Labute approximate surface area is 119 Å². The number of rotatable bonds is 6. The lowest BCUT2D eigenvalue weighted by molar-refractivity contribution is -0.146. The Morgan fingerprint density at radius 1 is 1.30 bits per heavy atom. The van der Waals surface area contributed by atoms with Crippen molar-refractivity contribution in [3.63, 3.8) is 0 Å². The van der Waals surface area contributed by atoms with Gasteiger partial charge in [-0.15, -0.1) is 0 Å². The van der Waals surface area contributed by atoms with Crippen molar-refractivity contribution in [3.05, 3.63) is 29.8 Å². The summed E-state index contributed by atoms with van der Waals surface area (Å²) < 4.78 is 4.68. The van der Waals surface area contributed by atoms with Gasteiger partial charge in [0, 0.05) is 12.1 Å². The third-order valence-electron chi connectivity index (χ3n) is 3.11. The molecule has 0 saturated heterocycles. The fraction of sp³-hybridized carbons (Fsp3) is 0.467. The van der Waals surface area contributed by atoms with Gasteiger partial charge in [-0.3, -0.25) is 4.79 Å². The number of nitrogen functional groups attached to an aromatic ring is 1. The lowest BCUT2D eigenvalue weighted by atomic mass is 10.0. The molecule has 0 aromatic heterocycles. The number of anilines is 1. The monoisotopic (exact) mass is 278 g/mol. The van der Waals surface area contributed by atoms with Crippen molar-refractivity contribution in [2.75, 3.05) is 12.8 Å². The Kier molecular flexibility index (Phi) is 6.03. The zero-order valence-electron chi connectivity index (χ0n) is 12.2. The minimum Gasteiger partial charge on any atom is -0.467 e. The van der Waals surface area contributed by atoms with Gasteiger partial charge in [-0.25, -0.2) is 4.79 Å². The first-order valence-corrected chi connectivity index (χ1v) is 6.66. The van der Waals surface area contributed by atoms with Crippen molar-refractivity contribution in [3.8, 4) is 0 Å². The van der Waals surface area contributed by atoms with E-state index >= 15 is 0 Å². The number of benzene rings is 1. The highest BCUT2D eigenvalue weighted by Crippen LogP contribution is 2.13. The van der Waals surface area contributed by atoms with E-state index in [1.165, 1.54) is 7.11 Å². The number of methoxy groups -OCH3 is 1.